The monoisotopic (exact) mass is 526 g/mol. The van der Waals surface area contributed by atoms with Gasteiger partial charge in [0.05, 0.1) is 29.9 Å². The van der Waals surface area contributed by atoms with Gasteiger partial charge in [0, 0.05) is 25.4 Å². The van der Waals surface area contributed by atoms with E-state index in [1.54, 1.807) is 18.5 Å². The molecule has 1 saturated carbocycles. The molecule has 0 bridgehead atoms. The van der Waals surface area contributed by atoms with E-state index >= 15 is 0 Å². The van der Waals surface area contributed by atoms with Crippen molar-refractivity contribution in [2.45, 2.75) is 37.9 Å². The average Bonchev–Trinajstić information content (AvgIpc) is 3.55. The molecule has 3 aromatic heterocycles. The number of alkyl halides is 3. The second kappa shape index (κ2) is 9.03. The summed E-state index contributed by atoms with van der Waals surface area (Å²) >= 11 is 0. The minimum Gasteiger partial charge on any atom is -0.448 e. The predicted octanol–water partition coefficient (Wildman–Crippen LogP) is 4.12. The van der Waals surface area contributed by atoms with Crippen LogP contribution in [0.4, 0.5) is 18.0 Å². The molecule has 0 N–H and O–H groups in total. The molecule has 1 atom stereocenters. The number of amides is 1. The number of carbonyl (C=O) groups excluding carboxylic acids is 1. The van der Waals surface area contributed by atoms with Gasteiger partial charge >= 0.3 is 18.0 Å². The van der Waals surface area contributed by atoms with Crippen LogP contribution in [-0.2, 0) is 24.5 Å². The number of nitrogens with zero attached hydrogens (tertiary/aromatic N) is 6. The van der Waals surface area contributed by atoms with Crippen molar-refractivity contribution in [3.05, 3.63) is 82.1 Å². The molecule has 9 nitrogen and oxygen atoms in total. The first-order valence-electron chi connectivity index (χ1n) is 12.4. The minimum absolute atomic E-state index is 0.0403. The maximum Gasteiger partial charge on any atom is 0.418 e. The number of hydrogen-bond donors (Lipinski definition) is 0. The average molecular weight is 527 g/mol. The van der Waals surface area contributed by atoms with Crippen molar-refractivity contribution >= 4 is 11.6 Å². The normalized spacial score (nSPS) is 17.2. The van der Waals surface area contributed by atoms with E-state index in [1.807, 2.05) is 23.7 Å². The largest absolute Gasteiger partial charge is 0.448 e. The number of aryl methyl sites for hydroxylation is 1. The van der Waals surface area contributed by atoms with Gasteiger partial charge in [-0.3, -0.25) is 8.97 Å². The van der Waals surface area contributed by atoms with Crippen molar-refractivity contribution in [1.82, 2.24) is 28.6 Å². The number of cyclic esters (lactones) is 1. The first-order valence-corrected chi connectivity index (χ1v) is 12.4. The van der Waals surface area contributed by atoms with Crippen LogP contribution in [0.15, 0.2) is 53.8 Å². The van der Waals surface area contributed by atoms with E-state index in [2.05, 4.69) is 10.2 Å². The molecule has 0 spiro atoms. The van der Waals surface area contributed by atoms with Crippen molar-refractivity contribution in [3.63, 3.8) is 0 Å². The smallest absolute Gasteiger partial charge is 0.418 e. The number of aromatic nitrogens is 5. The third-order valence-electron chi connectivity index (χ3n) is 7.50. The number of hydrogen-bond acceptors (Lipinski definition) is 5. The summed E-state index contributed by atoms with van der Waals surface area (Å²) in [4.78, 5) is 26.6. The van der Waals surface area contributed by atoms with Crippen LogP contribution < -0.4 is 5.69 Å². The Bertz CT molecular complexity index is 1580. The maximum absolute atomic E-state index is 14.1. The second-order valence-corrected chi connectivity index (χ2v) is 9.90. The van der Waals surface area contributed by atoms with Gasteiger partial charge < -0.3 is 14.2 Å². The highest BCUT2D eigenvalue weighted by Crippen LogP contribution is 2.43. The minimum atomic E-state index is -4.70. The van der Waals surface area contributed by atoms with Crippen molar-refractivity contribution in [1.29, 1.82) is 0 Å². The van der Waals surface area contributed by atoms with Gasteiger partial charge in [-0.2, -0.15) is 13.2 Å². The SMILES string of the molecule is Cn1cnnc1[C@@H](c1cccc(-n2cc3c(C(F)(F)F)cc(CN4CCOC4=O)cn3c2=O)c1)C1CCC1. The lowest BCUT2D eigenvalue weighted by atomic mass is 9.72. The zero-order valence-corrected chi connectivity index (χ0v) is 20.6. The zero-order valence-electron chi connectivity index (χ0n) is 20.6. The molecular formula is C26H25F3N6O3. The summed E-state index contributed by atoms with van der Waals surface area (Å²) in [6.07, 6.45) is 2.14. The lowest BCUT2D eigenvalue weighted by Gasteiger charge is -2.33. The third-order valence-corrected chi connectivity index (χ3v) is 7.50. The predicted molar refractivity (Wildman–Crippen MR) is 130 cm³/mol. The fourth-order valence-corrected chi connectivity index (χ4v) is 5.38. The van der Waals surface area contributed by atoms with Gasteiger partial charge in [0.2, 0.25) is 0 Å². The highest BCUT2D eigenvalue weighted by atomic mass is 19.4. The van der Waals surface area contributed by atoms with Crippen LogP contribution in [0.1, 0.15) is 47.7 Å². The molecule has 1 amide bonds. The molecule has 4 aromatic rings. The molecule has 0 radical (unpaired) electrons. The van der Waals surface area contributed by atoms with Crippen LogP contribution in [0.25, 0.3) is 11.2 Å². The van der Waals surface area contributed by atoms with Crippen LogP contribution in [0.3, 0.4) is 0 Å². The standard InChI is InChI=1S/C26H25F3N6O3/c1-32-15-30-31-23(32)22(17-4-2-5-17)18-6-3-7-19(11-18)34-14-21-20(26(27,28)29)10-16(13-35(21)24(34)36)12-33-8-9-38-25(33)37/h3,6-7,10-11,13-15,17,22H,2,4-5,8-9,12H2,1H3/t22-/m1/s1. The molecule has 1 aliphatic heterocycles. The Hall–Kier alpha value is -4.09. The molecule has 4 heterocycles. The van der Waals surface area contributed by atoms with Crippen LogP contribution in [0, 0.1) is 5.92 Å². The summed E-state index contributed by atoms with van der Waals surface area (Å²) in [5.41, 5.74) is -0.266. The second-order valence-electron chi connectivity index (χ2n) is 9.90. The molecule has 2 aliphatic rings. The molecule has 1 aromatic carbocycles. The Kier molecular flexibility index (Phi) is 5.77. The number of rotatable bonds is 6. The van der Waals surface area contributed by atoms with Crippen molar-refractivity contribution in [2.24, 2.45) is 13.0 Å². The number of fused-ring (bicyclic) bond motifs is 1. The molecular weight excluding hydrogens is 501 g/mol. The van der Waals surface area contributed by atoms with Crippen LogP contribution in [-0.4, -0.2) is 47.9 Å². The maximum atomic E-state index is 14.1. The Morgan fingerprint density at radius 3 is 2.61 bits per heavy atom. The van der Waals surface area contributed by atoms with E-state index in [-0.39, 0.29) is 36.7 Å². The highest BCUT2D eigenvalue weighted by Gasteiger charge is 2.36. The summed E-state index contributed by atoms with van der Waals surface area (Å²) in [5, 5.41) is 8.35. The molecule has 2 fully saturated rings. The first kappa shape index (κ1) is 24.3. The van der Waals surface area contributed by atoms with Gasteiger partial charge in [0.1, 0.15) is 18.8 Å². The number of benzene rings is 1. The van der Waals surface area contributed by atoms with Crippen molar-refractivity contribution in [3.8, 4) is 5.69 Å². The number of imidazole rings is 1. The fourth-order valence-electron chi connectivity index (χ4n) is 5.38. The summed E-state index contributed by atoms with van der Waals surface area (Å²) in [7, 11) is 1.88. The van der Waals surface area contributed by atoms with Gasteiger partial charge in [0.15, 0.2) is 0 Å². The Labute approximate surface area is 215 Å². The quantitative estimate of drug-likeness (QED) is 0.377. The summed E-state index contributed by atoms with van der Waals surface area (Å²) in [5.74, 6) is 1.14. The Morgan fingerprint density at radius 2 is 1.97 bits per heavy atom. The molecule has 0 unspecified atom stereocenters. The first-order chi connectivity index (χ1) is 18.2. The van der Waals surface area contributed by atoms with Crippen molar-refractivity contribution < 1.29 is 22.7 Å². The molecule has 6 rings (SSSR count). The van der Waals surface area contributed by atoms with Crippen molar-refractivity contribution in [2.75, 3.05) is 13.2 Å². The van der Waals surface area contributed by atoms with E-state index < -0.39 is 23.5 Å². The lowest BCUT2D eigenvalue weighted by Crippen LogP contribution is -2.25. The molecule has 1 saturated heterocycles. The number of pyridine rings is 1. The van der Waals surface area contributed by atoms with Gasteiger partial charge in [-0.05, 0) is 48.1 Å². The number of ether oxygens (including phenoxy) is 1. The third kappa shape index (κ3) is 4.13. The van der Waals surface area contributed by atoms with E-state index in [9.17, 15) is 22.8 Å². The molecule has 12 heteroatoms. The Balaban J connectivity index is 1.45. The highest BCUT2D eigenvalue weighted by molar-refractivity contribution is 5.69. The Morgan fingerprint density at radius 1 is 1.16 bits per heavy atom. The molecule has 38 heavy (non-hydrogen) atoms. The van der Waals surface area contributed by atoms with E-state index in [1.165, 1.54) is 21.9 Å². The number of carbonyl (C=O) groups is 1. The summed E-state index contributed by atoms with van der Waals surface area (Å²) in [6.45, 7) is 0.358. The van der Waals surface area contributed by atoms with E-state index in [0.29, 0.717) is 11.6 Å². The van der Waals surface area contributed by atoms with Crippen LogP contribution in [0.5, 0.6) is 0 Å². The summed E-state index contributed by atoms with van der Waals surface area (Å²) in [6, 6.07) is 8.29. The molecule has 198 valence electrons. The lowest BCUT2D eigenvalue weighted by molar-refractivity contribution is -0.136. The molecule has 1 aliphatic carbocycles. The number of halogens is 3. The van der Waals surface area contributed by atoms with Gasteiger partial charge in [-0.25, -0.2) is 9.59 Å². The van der Waals surface area contributed by atoms with Crippen LogP contribution >= 0.6 is 0 Å². The fraction of sp³-hybridized carbons (Fsp3) is 0.385. The van der Waals surface area contributed by atoms with Gasteiger partial charge in [0.25, 0.3) is 0 Å². The van der Waals surface area contributed by atoms with Gasteiger partial charge in [-0.15, -0.1) is 10.2 Å². The summed E-state index contributed by atoms with van der Waals surface area (Å²) < 4.78 is 51.2. The van der Waals surface area contributed by atoms with Gasteiger partial charge in [-0.1, -0.05) is 18.6 Å². The van der Waals surface area contributed by atoms with E-state index in [0.717, 1.165) is 41.1 Å². The van der Waals surface area contributed by atoms with E-state index in [4.69, 9.17) is 4.74 Å². The topological polar surface area (TPSA) is 86.7 Å². The van der Waals surface area contributed by atoms with Crippen LogP contribution in [0.2, 0.25) is 0 Å². The zero-order chi connectivity index (χ0) is 26.6.